The molecule has 2 rings (SSSR count). The van der Waals surface area contributed by atoms with Crippen LogP contribution in [0.2, 0.25) is 0 Å². The molecule has 0 radical (unpaired) electrons. The van der Waals surface area contributed by atoms with E-state index in [0.717, 1.165) is 13.1 Å². The lowest BCUT2D eigenvalue weighted by Crippen LogP contribution is -2.43. The quantitative estimate of drug-likeness (QED) is 0.843. The summed E-state index contributed by atoms with van der Waals surface area (Å²) in [7, 11) is -0.531. The Balaban J connectivity index is 2.16. The molecule has 1 fully saturated rings. The van der Waals surface area contributed by atoms with Gasteiger partial charge in [-0.1, -0.05) is 6.07 Å². The largest absolute Gasteiger partial charge is 0.326 e. The number of anilines is 1. The molecule has 0 aliphatic carbocycles. The fraction of sp³-hybridized carbons (Fsp3) is 0.500. The third kappa shape index (κ3) is 3.61. The molecule has 0 bridgehead atoms. The van der Waals surface area contributed by atoms with Gasteiger partial charge in [0.2, 0.25) is 15.9 Å². The molecule has 1 aromatic carbocycles. The lowest BCUT2D eigenvalue weighted by atomic mass is 9.99. The summed E-state index contributed by atoms with van der Waals surface area (Å²) in [6.45, 7) is 3.46. The molecule has 0 atom stereocenters. The Morgan fingerprint density at radius 1 is 1.38 bits per heavy atom. The number of amides is 1. The van der Waals surface area contributed by atoms with Crippen LogP contribution in [0.4, 0.5) is 5.69 Å². The Morgan fingerprint density at radius 2 is 2.05 bits per heavy atom. The lowest BCUT2D eigenvalue weighted by Gasteiger charge is -2.26. The Morgan fingerprint density at radius 3 is 2.57 bits per heavy atom. The first kappa shape index (κ1) is 15.9. The summed E-state index contributed by atoms with van der Waals surface area (Å²) < 4.78 is 25.6. The zero-order valence-electron chi connectivity index (χ0n) is 12.5. The van der Waals surface area contributed by atoms with Gasteiger partial charge >= 0.3 is 0 Å². The van der Waals surface area contributed by atoms with Crippen molar-refractivity contribution in [2.45, 2.75) is 18.2 Å². The summed E-state index contributed by atoms with van der Waals surface area (Å²) in [5.74, 6) is 0.291. The van der Waals surface area contributed by atoms with Crippen LogP contribution in [0.3, 0.4) is 0 Å². The van der Waals surface area contributed by atoms with Gasteiger partial charge in [-0.2, -0.15) is 0 Å². The van der Waals surface area contributed by atoms with E-state index in [1.54, 1.807) is 19.1 Å². The molecule has 1 aromatic rings. The molecule has 1 aliphatic heterocycles. The summed E-state index contributed by atoms with van der Waals surface area (Å²) in [5, 5.41) is 5.88. The maximum Gasteiger partial charge on any atom is 0.242 e. The van der Waals surface area contributed by atoms with Gasteiger partial charge in [0.25, 0.3) is 0 Å². The van der Waals surface area contributed by atoms with Crippen LogP contribution >= 0.6 is 0 Å². The Hall–Kier alpha value is -1.44. The van der Waals surface area contributed by atoms with Gasteiger partial charge in [0.05, 0.1) is 4.90 Å². The van der Waals surface area contributed by atoms with E-state index in [1.165, 1.54) is 24.5 Å². The second kappa shape index (κ2) is 6.13. The van der Waals surface area contributed by atoms with Gasteiger partial charge < -0.3 is 10.6 Å². The van der Waals surface area contributed by atoms with Gasteiger partial charge in [-0.3, -0.25) is 4.79 Å². The molecule has 1 aliphatic rings. The van der Waals surface area contributed by atoms with Gasteiger partial charge in [0.15, 0.2) is 0 Å². The van der Waals surface area contributed by atoms with Crippen molar-refractivity contribution in [2.24, 2.45) is 5.92 Å². The van der Waals surface area contributed by atoms with E-state index in [-0.39, 0.29) is 10.8 Å². The van der Waals surface area contributed by atoms with Crippen molar-refractivity contribution in [1.29, 1.82) is 0 Å². The molecule has 21 heavy (non-hydrogen) atoms. The van der Waals surface area contributed by atoms with Crippen LogP contribution in [0.15, 0.2) is 23.1 Å². The van der Waals surface area contributed by atoms with Crippen LogP contribution in [0, 0.1) is 12.8 Å². The van der Waals surface area contributed by atoms with Crippen LogP contribution in [0.25, 0.3) is 0 Å². The van der Waals surface area contributed by atoms with Crippen molar-refractivity contribution in [2.75, 3.05) is 32.5 Å². The third-order valence-corrected chi connectivity index (χ3v) is 5.53. The van der Waals surface area contributed by atoms with Crippen LogP contribution < -0.4 is 10.6 Å². The molecule has 2 N–H and O–H groups in total. The molecular formula is C14H21N3O3S. The average Bonchev–Trinajstić information content (AvgIpc) is 2.36. The van der Waals surface area contributed by atoms with Crippen LogP contribution in [0.1, 0.15) is 12.0 Å². The van der Waals surface area contributed by atoms with Gasteiger partial charge in [0, 0.05) is 26.2 Å². The molecule has 0 saturated carbocycles. The van der Waals surface area contributed by atoms with Gasteiger partial charge in [-0.15, -0.1) is 0 Å². The molecule has 0 spiro atoms. The molecule has 0 unspecified atom stereocenters. The summed E-state index contributed by atoms with van der Waals surface area (Å²) >= 11 is 0. The maximum atomic E-state index is 12.2. The predicted octanol–water partition coefficient (Wildman–Crippen LogP) is 0.793. The Kier molecular flexibility index (Phi) is 4.65. The standard InChI is InChI=1S/C14H21N3O3S/c1-10-4-5-12(7-13(10)21(19,20)17(2)3)16-14(18)6-11-8-15-9-11/h4-5,7,11,15H,6,8-9H2,1-3H3,(H,16,18). The summed E-state index contributed by atoms with van der Waals surface area (Å²) in [6, 6.07) is 4.94. The average molecular weight is 311 g/mol. The van der Waals surface area contributed by atoms with Gasteiger partial charge in [-0.05, 0) is 43.6 Å². The zero-order valence-corrected chi connectivity index (χ0v) is 13.3. The van der Waals surface area contributed by atoms with E-state index in [9.17, 15) is 13.2 Å². The van der Waals surface area contributed by atoms with E-state index in [2.05, 4.69) is 10.6 Å². The summed E-state index contributed by atoms with van der Waals surface area (Å²) in [6.07, 6.45) is 0.455. The van der Waals surface area contributed by atoms with E-state index in [0.29, 0.717) is 23.6 Å². The minimum absolute atomic E-state index is 0.0847. The number of nitrogens with zero attached hydrogens (tertiary/aromatic N) is 1. The smallest absolute Gasteiger partial charge is 0.242 e. The number of sulfonamides is 1. The molecule has 116 valence electrons. The summed E-state index contributed by atoms with van der Waals surface area (Å²) in [4.78, 5) is 12.1. The van der Waals surface area contributed by atoms with Crippen molar-refractivity contribution in [3.8, 4) is 0 Å². The third-order valence-electron chi connectivity index (χ3n) is 3.57. The number of hydrogen-bond donors (Lipinski definition) is 2. The van der Waals surface area contributed by atoms with E-state index in [1.807, 2.05) is 0 Å². The van der Waals surface area contributed by atoms with Crippen LogP contribution in [-0.4, -0.2) is 45.8 Å². The lowest BCUT2D eigenvalue weighted by molar-refractivity contribution is -0.117. The van der Waals surface area contributed by atoms with Crippen molar-refractivity contribution in [3.63, 3.8) is 0 Å². The first-order valence-corrected chi connectivity index (χ1v) is 8.28. The highest BCUT2D eigenvalue weighted by molar-refractivity contribution is 7.89. The zero-order chi connectivity index (χ0) is 15.6. The minimum atomic E-state index is -3.51. The van der Waals surface area contributed by atoms with E-state index in [4.69, 9.17) is 0 Å². The first-order chi connectivity index (χ1) is 9.80. The number of carbonyl (C=O) groups is 1. The normalized spacial score (nSPS) is 15.8. The topological polar surface area (TPSA) is 78.5 Å². The van der Waals surface area contributed by atoms with Crippen molar-refractivity contribution < 1.29 is 13.2 Å². The number of aryl methyl sites for hydroxylation is 1. The molecule has 0 aromatic heterocycles. The maximum absolute atomic E-state index is 12.2. The fourth-order valence-electron chi connectivity index (χ4n) is 2.12. The highest BCUT2D eigenvalue weighted by Gasteiger charge is 2.22. The summed E-state index contributed by atoms with van der Waals surface area (Å²) in [5.41, 5.74) is 1.17. The highest BCUT2D eigenvalue weighted by atomic mass is 32.2. The molecule has 6 nitrogen and oxygen atoms in total. The number of rotatable bonds is 5. The van der Waals surface area contributed by atoms with Crippen LogP contribution in [0.5, 0.6) is 0 Å². The number of carbonyl (C=O) groups excluding carboxylic acids is 1. The second-order valence-corrected chi connectivity index (χ2v) is 7.66. The fourth-order valence-corrected chi connectivity index (χ4v) is 3.26. The molecular weight excluding hydrogens is 290 g/mol. The second-order valence-electron chi connectivity index (χ2n) is 5.54. The Bertz CT molecular complexity index is 637. The highest BCUT2D eigenvalue weighted by Crippen LogP contribution is 2.22. The SMILES string of the molecule is Cc1ccc(NC(=O)CC2CNC2)cc1S(=O)(=O)N(C)C. The first-order valence-electron chi connectivity index (χ1n) is 6.84. The number of nitrogens with one attached hydrogen (secondary N) is 2. The van der Waals surface area contributed by atoms with Gasteiger partial charge in [0.1, 0.15) is 0 Å². The molecule has 1 amide bonds. The monoisotopic (exact) mass is 311 g/mol. The van der Waals surface area contributed by atoms with E-state index >= 15 is 0 Å². The molecule has 1 saturated heterocycles. The number of hydrogen-bond acceptors (Lipinski definition) is 4. The molecule has 7 heteroatoms. The van der Waals surface area contributed by atoms with Gasteiger partial charge in [-0.25, -0.2) is 12.7 Å². The van der Waals surface area contributed by atoms with Crippen molar-refractivity contribution in [1.82, 2.24) is 9.62 Å². The molecule has 1 heterocycles. The van der Waals surface area contributed by atoms with E-state index < -0.39 is 10.0 Å². The van der Waals surface area contributed by atoms with Crippen molar-refractivity contribution in [3.05, 3.63) is 23.8 Å². The van der Waals surface area contributed by atoms with Crippen molar-refractivity contribution >= 4 is 21.6 Å². The Labute approximate surface area is 125 Å². The number of benzene rings is 1. The predicted molar refractivity (Wildman–Crippen MR) is 81.7 cm³/mol. The van der Waals surface area contributed by atoms with Crippen LogP contribution in [-0.2, 0) is 14.8 Å². The minimum Gasteiger partial charge on any atom is -0.326 e.